The molecule has 0 radical (unpaired) electrons. The van der Waals surface area contributed by atoms with E-state index in [4.69, 9.17) is 18.9 Å². The largest absolute Gasteiger partial charge is 0.509 e. The van der Waals surface area contributed by atoms with Gasteiger partial charge in [0.15, 0.2) is 24.6 Å². The van der Waals surface area contributed by atoms with Gasteiger partial charge in [-0.05, 0) is 6.42 Å². The molecule has 4 atom stereocenters. The average molecular weight is 260 g/mol. The Balaban J connectivity index is 2.00. The number of ether oxygens (including phenoxy) is 5. The van der Waals surface area contributed by atoms with Crippen molar-refractivity contribution in [1.29, 1.82) is 0 Å². The minimum atomic E-state index is -0.988. The summed E-state index contributed by atoms with van der Waals surface area (Å²) in [5.41, 5.74) is 0. The molecular formula is C11H16O7. The predicted octanol–water partition coefficient (Wildman–Crippen LogP) is 0.605. The summed E-state index contributed by atoms with van der Waals surface area (Å²) in [5.74, 6) is -0.607. The van der Waals surface area contributed by atoms with E-state index in [1.807, 2.05) is 6.92 Å². The molecule has 2 saturated heterocycles. The normalized spacial score (nSPS) is 33.8. The molecule has 0 spiro atoms. The van der Waals surface area contributed by atoms with Crippen LogP contribution in [0.15, 0.2) is 0 Å². The van der Waals surface area contributed by atoms with Crippen LogP contribution in [-0.2, 0) is 28.5 Å². The molecule has 0 bridgehead atoms. The van der Waals surface area contributed by atoms with Crippen molar-refractivity contribution in [3.63, 3.8) is 0 Å². The maximum atomic E-state index is 11.5. The minimum Gasteiger partial charge on any atom is -0.467 e. The number of unbranched alkanes of at least 4 members (excludes halogenated alkanes) is 1. The van der Waals surface area contributed by atoms with Crippen molar-refractivity contribution in [2.45, 2.75) is 44.4 Å². The third-order valence-electron chi connectivity index (χ3n) is 2.85. The summed E-state index contributed by atoms with van der Waals surface area (Å²) in [4.78, 5) is 22.6. The number of methoxy groups -OCH3 is 1. The summed E-state index contributed by atoms with van der Waals surface area (Å²) in [7, 11) is 1.24. The van der Waals surface area contributed by atoms with Crippen molar-refractivity contribution >= 4 is 12.1 Å². The molecule has 0 aliphatic carbocycles. The summed E-state index contributed by atoms with van der Waals surface area (Å²) in [5, 5.41) is 0. The summed E-state index contributed by atoms with van der Waals surface area (Å²) in [6.07, 6.45) is -2.26. The Bertz CT molecular complexity index is 329. The van der Waals surface area contributed by atoms with Gasteiger partial charge < -0.3 is 23.7 Å². The van der Waals surface area contributed by atoms with Gasteiger partial charge in [0, 0.05) is 6.61 Å². The van der Waals surface area contributed by atoms with Crippen molar-refractivity contribution in [3.05, 3.63) is 0 Å². The third-order valence-corrected chi connectivity index (χ3v) is 2.85. The summed E-state index contributed by atoms with van der Waals surface area (Å²) < 4.78 is 25.2. The van der Waals surface area contributed by atoms with E-state index in [-0.39, 0.29) is 0 Å². The van der Waals surface area contributed by atoms with Crippen LogP contribution in [0.25, 0.3) is 0 Å². The van der Waals surface area contributed by atoms with Gasteiger partial charge in [-0.2, -0.15) is 0 Å². The number of hydrogen-bond acceptors (Lipinski definition) is 7. The standard InChI is InChI=1S/C11H16O7/c1-3-4-5-15-10-8-6(17-11(13)18-8)7(16-10)9(12)14-2/h6-8,10H,3-5H2,1-2H3/t6-,7+,8-,10-/m1/s1. The molecule has 2 rings (SSSR count). The Kier molecular flexibility index (Phi) is 4.03. The highest BCUT2D eigenvalue weighted by molar-refractivity contribution is 5.77. The second-order valence-electron chi connectivity index (χ2n) is 4.09. The molecule has 2 fully saturated rings. The van der Waals surface area contributed by atoms with Gasteiger partial charge in [-0.3, -0.25) is 0 Å². The lowest BCUT2D eigenvalue weighted by Gasteiger charge is -2.15. The van der Waals surface area contributed by atoms with Gasteiger partial charge in [0.2, 0.25) is 0 Å². The molecule has 0 aromatic heterocycles. The first kappa shape index (κ1) is 13.1. The fourth-order valence-corrected chi connectivity index (χ4v) is 1.91. The predicted molar refractivity (Wildman–Crippen MR) is 56.7 cm³/mol. The molecule has 18 heavy (non-hydrogen) atoms. The van der Waals surface area contributed by atoms with Gasteiger partial charge >= 0.3 is 12.1 Å². The Hall–Kier alpha value is -1.34. The Morgan fingerprint density at radius 3 is 2.72 bits per heavy atom. The zero-order chi connectivity index (χ0) is 13.1. The topological polar surface area (TPSA) is 80.3 Å². The van der Waals surface area contributed by atoms with Gasteiger partial charge in [0.25, 0.3) is 0 Å². The lowest BCUT2D eigenvalue weighted by molar-refractivity contribution is -0.185. The summed E-state index contributed by atoms with van der Waals surface area (Å²) >= 11 is 0. The summed E-state index contributed by atoms with van der Waals surface area (Å²) in [6, 6.07) is 0. The smallest absolute Gasteiger partial charge is 0.467 e. The Morgan fingerprint density at radius 1 is 1.33 bits per heavy atom. The molecule has 2 aliphatic rings. The van der Waals surface area contributed by atoms with E-state index < -0.39 is 36.7 Å². The van der Waals surface area contributed by atoms with E-state index >= 15 is 0 Å². The first-order valence-electron chi connectivity index (χ1n) is 5.89. The van der Waals surface area contributed by atoms with Crippen LogP contribution < -0.4 is 0 Å². The van der Waals surface area contributed by atoms with Crippen LogP contribution in [0.1, 0.15) is 19.8 Å². The quantitative estimate of drug-likeness (QED) is 0.529. The molecule has 7 nitrogen and oxygen atoms in total. The molecule has 2 aliphatic heterocycles. The Morgan fingerprint density at radius 2 is 2.06 bits per heavy atom. The van der Waals surface area contributed by atoms with Gasteiger partial charge in [0.05, 0.1) is 7.11 Å². The fraction of sp³-hybridized carbons (Fsp3) is 0.818. The van der Waals surface area contributed by atoms with E-state index in [0.717, 1.165) is 12.8 Å². The van der Waals surface area contributed by atoms with E-state index in [0.29, 0.717) is 6.61 Å². The molecule has 0 aromatic rings. The van der Waals surface area contributed by atoms with Crippen molar-refractivity contribution in [3.8, 4) is 0 Å². The third kappa shape index (κ3) is 2.41. The van der Waals surface area contributed by atoms with Crippen molar-refractivity contribution in [2.75, 3.05) is 13.7 Å². The van der Waals surface area contributed by atoms with Crippen LogP contribution in [0.5, 0.6) is 0 Å². The maximum absolute atomic E-state index is 11.5. The number of carbonyl (C=O) groups excluding carboxylic acids is 2. The van der Waals surface area contributed by atoms with E-state index in [1.165, 1.54) is 7.11 Å². The molecule has 0 saturated carbocycles. The van der Waals surface area contributed by atoms with Gasteiger partial charge in [-0.15, -0.1) is 0 Å². The number of rotatable bonds is 5. The van der Waals surface area contributed by atoms with Crippen molar-refractivity contribution < 1.29 is 33.3 Å². The molecule has 0 aromatic carbocycles. The molecule has 0 N–H and O–H groups in total. The minimum absolute atomic E-state index is 0.468. The SMILES string of the molecule is CCCCO[C@@H]1O[C@H](C(=O)OC)[C@H]2OC(=O)O[C@@H]12. The van der Waals surface area contributed by atoms with Crippen LogP contribution in [-0.4, -0.2) is 50.4 Å². The maximum Gasteiger partial charge on any atom is 0.509 e. The van der Waals surface area contributed by atoms with Crippen LogP contribution in [0.4, 0.5) is 4.79 Å². The molecule has 0 unspecified atom stereocenters. The number of hydrogen-bond donors (Lipinski definition) is 0. The highest BCUT2D eigenvalue weighted by Gasteiger charge is 2.57. The van der Waals surface area contributed by atoms with Crippen molar-refractivity contribution in [2.24, 2.45) is 0 Å². The van der Waals surface area contributed by atoms with E-state index in [2.05, 4.69) is 4.74 Å². The zero-order valence-electron chi connectivity index (χ0n) is 10.3. The fourth-order valence-electron chi connectivity index (χ4n) is 1.91. The lowest BCUT2D eigenvalue weighted by Crippen LogP contribution is -2.35. The van der Waals surface area contributed by atoms with Crippen LogP contribution in [0.2, 0.25) is 0 Å². The zero-order valence-corrected chi connectivity index (χ0v) is 10.3. The van der Waals surface area contributed by atoms with E-state index in [1.54, 1.807) is 0 Å². The molecule has 0 amide bonds. The number of esters is 1. The van der Waals surface area contributed by atoms with Gasteiger partial charge in [0.1, 0.15) is 0 Å². The van der Waals surface area contributed by atoms with Gasteiger partial charge in [-0.1, -0.05) is 13.3 Å². The highest BCUT2D eigenvalue weighted by atomic mass is 16.8. The Labute approximate surface area is 104 Å². The highest BCUT2D eigenvalue weighted by Crippen LogP contribution is 2.33. The van der Waals surface area contributed by atoms with Crippen molar-refractivity contribution in [1.82, 2.24) is 0 Å². The first-order valence-corrected chi connectivity index (χ1v) is 5.89. The van der Waals surface area contributed by atoms with Gasteiger partial charge in [-0.25, -0.2) is 9.59 Å². The lowest BCUT2D eigenvalue weighted by atomic mass is 10.1. The van der Waals surface area contributed by atoms with Crippen LogP contribution in [0, 0.1) is 0 Å². The average Bonchev–Trinajstić information content (AvgIpc) is 2.87. The van der Waals surface area contributed by atoms with E-state index in [9.17, 15) is 9.59 Å². The van der Waals surface area contributed by atoms with Crippen LogP contribution in [0.3, 0.4) is 0 Å². The number of fused-ring (bicyclic) bond motifs is 1. The molecule has 7 heteroatoms. The monoisotopic (exact) mass is 260 g/mol. The molecule has 102 valence electrons. The molecule has 2 heterocycles. The second-order valence-corrected chi connectivity index (χ2v) is 4.09. The first-order chi connectivity index (χ1) is 8.67. The van der Waals surface area contributed by atoms with Crippen LogP contribution >= 0.6 is 0 Å². The summed E-state index contributed by atoms with van der Waals surface area (Å²) in [6.45, 7) is 2.49. The number of carbonyl (C=O) groups is 2. The molecular weight excluding hydrogens is 244 g/mol. The second kappa shape index (κ2) is 5.53.